The maximum absolute atomic E-state index is 14.4. The standard InChI is InChI=1S/2C6F5.C6H3F2.Al/c2*7-2-1-3(8)5(10)6(11)4(2)9;7-5-2-1-3-6(8)4-5;/h;;1-3H;. The highest BCUT2D eigenvalue weighted by Crippen LogP contribution is 2.21. The van der Waals surface area contributed by atoms with Crippen molar-refractivity contribution in [3.05, 3.63) is 88.0 Å². The van der Waals surface area contributed by atoms with Crippen LogP contribution in [0.15, 0.2) is 18.2 Å². The maximum Gasteiger partial charge on any atom is 0.412 e. The average Bonchev–Trinajstić information content (AvgIpc) is 2.73. The zero-order valence-corrected chi connectivity index (χ0v) is 15.5. The molecule has 0 saturated carbocycles. The van der Waals surface area contributed by atoms with E-state index in [9.17, 15) is 52.7 Å². The Labute approximate surface area is 168 Å². The first-order valence-corrected chi connectivity index (χ1v) is 9.61. The van der Waals surface area contributed by atoms with Gasteiger partial charge in [0.25, 0.3) is 0 Å². The molecule has 31 heavy (non-hydrogen) atoms. The fourth-order valence-electron chi connectivity index (χ4n) is 2.97. The molecule has 0 fully saturated rings. The minimum Gasteiger partial charge on any atom is -0.208 e. The van der Waals surface area contributed by atoms with Gasteiger partial charge in [-0.05, 0) is 25.4 Å². The van der Waals surface area contributed by atoms with Gasteiger partial charge in [0.15, 0.2) is 58.2 Å². The van der Waals surface area contributed by atoms with Crippen molar-refractivity contribution in [3.63, 3.8) is 0 Å². The minimum atomic E-state index is -5.24. The van der Waals surface area contributed by atoms with E-state index in [2.05, 4.69) is 0 Å². The number of rotatable bonds is 3. The number of hydrogen-bond acceptors (Lipinski definition) is 0. The molecule has 0 atom stereocenters. The highest BCUT2D eigenvalue weighted by Gasteiger charge is 2.45. The molecule has 0 aliphatic rings. The Morgan fingerprint density at radius 1 is 0.355 bits per heavy atom. The first kappa shape index (κ1) is 23.0. The molecule has 3 aromatic carbocycles. The fraction of sp³-hybridized carbons (Fsp3) is 0. The molecule has 0 spiro atoms. The largest absolute Gasteiger partial charge is 0.412 e. The molecule has 162 valence electrons. The van der Waals surface area contributed by atoms with Crippen molar-refractivity contribution in [1.29, 1.82) is 0 Å². The summed E-state index contributed by atoms with van der Waals surface area (Å²) in [5.41, 5.74) is 0. The molecule has 0 unspecified atom stereocenters. The van der Waals surface area contributed by atoms with Gasteiger partial charge in [0.05, 0.1) is 0 Å². The van der Waals surface area contributed by atoms with E-state index in [1.54, 1.807) is 0 Å². The van der Waals surface area contributed by atoms with Gasteiger partial charge >= 0.3 is 14.1 Å². The summed E-state index contributed by atoms with van der Waals surface area (Å²) in [6.45, 7) is 0. The Morgan fingerprint density at radius 3 is 0.903 bits per heavy atom. The van der Waals surface area contributed by atoms with Gasteiger partial charge in [-0.3, -0.25) is 0 Å². The normalized spacial score (nSPS) is 11.2. The summed E-state index contributed by atoms with van der Waals surface area (Å²) < 4.78 is 162. The SMILES string of the molecule is Fc1cccc(F)[c]1[Al]([c]1c(F)c(F)c(F)c(F)c1F)[c]1c(F)c(F)c(F)c(F)c1F. The van der Waals surface area contributed by atoms with E-state index in [4.69, 9.17) is 0 Å². The lowest BCUT2D eigenvalue weighted by atomic mass is 10.3. The van der Waals surface area contributed by atoms with Gasteiger partial charge in [0, 0.05) is 0 Å². The van der Waals surface area contributed by atoms with Gasteiger partial charge in [-0.1, -0.05) is 6.07 Å². The van der Waals surface area contributed by atoms with Crippen LogP contribution in [0.2, 0.25) is 0 Å². The highest BCUT2D eigenvalue weighted by molar-refractivity contribution is 6.95. The third kappa shape index (κ3) is 3.45. The van der Waals surface area contributed by atoms with E-state index in [-0.39, 0.29) is 0 Å². The molecule has 3 rings (SSSR count). The number of benzene rings is 3. The average molecular weight is 474 g/mol. The Hall–Kier alpha value is -2.65. The van der Waals surface area contributed by atoms with Crippen LogP contribution in [0, 0.1) is 69.8 Å². The van der Waals surface area contributed by atoms with Crippen LogP contribution in [0.1, 0.15) is 0 Å². The molecule has 3 aromatic rings. The summed E-state index contributed by atoms with van der Waals surface area (Å²) in [4.78, 5) is 0. The summed E-state index contributed by atoms with van der Waals surface area (Å²) in [7, 11) is 0. The van der Waals surface area contributed by atoms with Crippen LogP contribution in [-0.4, -0.2) is 14.1 Å². The first-order chi connectivity index (χ1) is 14.4. The quantitative estimate of drug-likeness (QED) is 0.234. The molecule has 13 heteroatoms. The van der Waals surface area contributed by atoms with Crippen molar-refractivity contribution in [1.82, 2.24) is 0 Å². The van der Waals surface area contributed by atoms with Gasteiger partial charge in [0.2, 0.25) is 0 Å². The third-order valence-corrected chi connectivity index (χ3v) is 7.65. The van der Waals surface area contributed by atoms with Crippen LogP contribution >= 0.6 is 0 Å². The third-order valence-electron chi connectivity index (χ3n) is 4.35. The molecular formula is C18H3AlF12. The fourth-order valence-corrected chi connectivity index (χ4v) is 6.10. The Kier molecular flexibility index (Phi) is 6.03. The van der Waals surface area contributed by atoms with E-state index in [1.165, 1.54) is 0 Å². The topological polar surface area (TPSA) is 0 Å². The van der Waals surface area contributed by atoms with E-state index in [0.29, 0.717) is 18.2 Å². The maximum atomic E-state index is 14.4. The van der Waals surface area contributed by atoms with Gasteiger partial charge in [-0.25, -0.2) is 52.7 Å². The summed E-state index contributed by atoms with van der Waals surface area (Å²) in [6.07, 6.45) is 0. The van der Waals surface area contributed by atoms with Crippen molar-refractivity contribution in [2.45, 2.75) is 0 Å². The predicted molar refractivity (Wildman–Crippen MR) is 83.5 cm³/mol. The zero-order valence-electron chi connectivity index (χ0n) is 14.3. The Bertz CT molecular complexity index is 1080. The smallest absolute Gasteiger partial charge is 0.208 e. The second-order valence-electron chi connectivity index (χ2n) is 6.04. The van der Waals surface area contributed by atoms with Crippen molar-refractivity contribution in [2.75, 3.05) is 0 Å². The Balaban J connectivity index is 2.59. The molecule has 0 nitrogen and oxygen atoms in total. The van der Waals surface area contributed by atoms with E-state index < -0.39 is 97.2 Å². The van der Waals surface area contributed by atoms with Crippen molar-refractivity contribution in [3.8, 4) is 0 Å². The van der Waals surface area contributed by atoms with E-state index >= 15 is 0 Å². The monoisotopic (exact) mass is 474 g/mol. The first-order valence-electron chi connectivity index (χ1n) is 7.88. The van der Waals surface area contributed by atoms with Gasteiger partial charge in [-0.15, -0.1) is 0 Å². The van der Waals surface area contributed by atoms with Crippen LogP contribution in [0.3, 0.4) is 0 Å². The molecule has 0 saturated heterocycles. The zero-order chi connectivity index (χ0) is 23.4. The lowest BCUT2D eigenvalue weighted by Gasteiger charge is -2.19. The number of halogens is 12. The Morgan fingerprint density at radius 2 is 0.613 bits per heavy atom. The molecule has 0 N–H and O–H groups in total. The second-order valence-corrected chi connectivity index (χ2v) is 8.63. The van der Waals surface area contributed by atoms with Crippen LogP contribution in [0.25, 0.3) is 0 Å². The van der Waals surface area contributed by atoms with Gasteiger partial charge in [0.1, 0.15) is 11.6 Å². The van der Waals surface area contributed by atoms with E-state index in [0.717, 1.165) is 0 Å². The summed E-state index contributed by atoms with van der Waals surface area (Å²) >= 11 is -5.24. The lowest BCUT2D eigenvalue weighted by molar-refractivity contribution is 0.382. The molecular weight excluding hydrogens is 471 g/mol. The number of hydrogen-bond donors (Lipinski definition) is 0. The van der Waals surface area contributed by atoms with Crippen LogP contribution in [0.5, 0.6) is 0 Å². The van der Waals surface area contributed by atoms with Gasteiger partial charge < -0.3 is 0 Å². The highest BCUT2D eigenvalue weighted by atomic mass is 27.2. The van der Waals surface area contributed by atoms with Crippen LogP contribution in [-0.2, 0) is 0 Å². The minimum absolute atomic E-state index is 0.399. The second kappa shape index (κ2) is 8.12. The molecule has 0 amide bonds. The molecule has 0 radical (unpaired) electrons. The van der Waals surface area contributed by atoms with Crippen molar-refractivity contribution < 1.29 is 52.7 Å². The predicted octanol–water partition coefficient (Wildman–Crippen LogP) is 3.87. The molecule has 0 aromatic heterocycles. The van der Waals surface area contributed by atoms with E-state index in [1.807, 2.05) is 0 Å². The molecule has 0 heterocycles. The lowest BCUT2D eigenvalue weighted by Crippen LogP contribution is -2.60. The molecule has 0 bridgehead atoms. The summed E-state index contributed by atoms with van der Waals surface area (Å²) in [6, 6.07) is 1.48. The summed E-state index contributed by atoms with van der Waals surface area (Å²) in [5, 5.41) is 0. The summed E-state index contributed by atoms with van der Waals surface area (Å²) in [5.74, 6) is -30.5. The van der Waals surface area contributed by atoms with Crippen LogP contribution < -0.4 is 13.3 Å². The molecule has 0 aliphatic heterocycles. The van der Waals surface area contributed by atoms with Crippen molar-refractivity contribution >= 4 is 27.4 Å². The van der Waals surface area contributed by atoms with Gasteiger partial charge in [-0.2, -0.15) is 0 Å². The molecule has 0 aliphatic carbocycles. The van der Waals surface area contributed by atoms with Crippen LogP contribution in [0.4, 0.5) is 52.7 Å². The van der Waals surface area contributed by atoms with Crippen molar-refractivity contribution in [2.24, 2.45) is 0 Å².